The third-order valence-corrected chi connectivity index (χ3v) is 2.70. The Hall–Kier alpha value is -1.40. The first-order valence-corrected chi connectivity index (χ1v) is 5.26. The van der Waals surface area contributed by atoms with Crippen LogP contribution >= 0.6 is 22.9 Å². The van der Waals surface area contributed by atoms with Gasteiger partial charge in [-0.05, 0) is 0 Å². The molecule has 1 N–H and O–H groups in total. The summed E-state index contributed by atoms with van der Waals surface area (Å²) in [5.41, 5.74) is 0.0632. The molecule has 15 heavy (non-hydrogen) atoms. The third kappa shape index (κ3) is 2.34. The molecule has 2 heterocycles. The number of aromatic nitrogens is 3. The lowest BCUT2D eigenvalue weighted by atomic mass is 10.5. The van der Waals surface area contributed by atoms with Crippen LogP contribution in [0.4, 0.5) is 0 Å². The number of aromatic carboxylic acids is 1. The first-order valence-electron chi connectivity index (χ1n) is 4.01. The Labute approximate surface area is 93.9 Å². The molecule has 2 aromatic heterocycles. The Bertz CT molecular complexity index is 494. The van der Waals surface area contributed by atoms with E-state index in [9.17, 15) is 4.79 Å². The zero-order valence-corrected chi connectivity index (χ0v) is 8.99. The quantitative estimate of drug-likeness (QED) is 0.892. The van der Waals surface area contributed by atoms with E-state index in [4.69, 9.17) is 16.7 Å². The van der Waals surface area contributed by atoms with Crippen LogP contribution in [0.25, 0.3) is 0 Å². The van der Waals surface area contributed by atoms with Crippen molar-refractivity contribution in [2.24, 2.45) is 0 Å². The summed E-state index contributed by atoms with van der Waals surface area (Å²) in [4.78, 5) is 14.5. The number of thiazole rings is 1. The van der Waals surface area contributed by atoms with Crippen molar-refractivity contribution in [1.82, 2.24) is 14.8 Å². The molecular formula is C8H6ClN3O2S. The first-order chi connectivity index (χ1) is 7.15. The second-order valence-electron chi connectivity index (χ2n) is 2.79. The van der Waals surface area contributed by atoms with E-state index in [2.05, 4.69) is 10.1 Å². The number of nitrogens with zero attached hydrogens (tertiary/aromatic N) is 3. The molecule has 0 aliphatic rings. The lowest BCUT2D eigenvalue weighted by Crippen LogP contribution is -2.01. The van der Waals surface area contributed by atoms with E-state index < -0.39 is 5.97 Å². The molecule has 2 aromatic rings. The van der Waals surface area contributed by atoms with Gasteiger partial charge >= 0.3 is 5.97 Å². The molecule has 0 bridgehead atoms. The maximum absolute atomic E-state index is 10.6. The molecule has 5 nitrogen and oxygen atoms in total. The van der Waals surface area contributed by atoms with Gasteiger partial charge in [0.15, 0.2) is 5.69 Å². The van der Waals surface area contributed by atoms with Gasteiger partial charge in [-0.15, -0.1) is 11.3 Å². The zero-order valence-electron chi connectivity index (χ0n) is 7.42. The number of rotatable bonds is 3. The molecule has 0 saturated heterocycles. The predicted molar refractivity (Wildman–Crippen MR) is 55.4 cm³/mol. The number of hydrogen-bond acceptors (Lipinski definition) is 4. The minimum absolute atomic E-state index is 0.0632. The van der Waals surface area contributed by atoms with Crippen molar-refractivity contribution in [1.29, 1.82) is 0 Å². The van der Waals surface area contributed by atoms with Crippen LogP contribution in [0, 0.1) is 0 Å². The molecule has 0 aliphatic heterocycles. The summed E-state index contributed by atoms with van der Waals surface area (Å²) in [6.45, 7) is 0.435. The normalized spacial score (nSPS) is 10.5. The minimum atomic E-state index is -1.02. The van der Waals surface area contributed by atoms with Crippen molar-refractivity contribution < 1.29 is 9.90 Å². The summed E-state index contributed by atoms with van der Waals surface area (Å²) in [5.74, 6) is -1.02. The van der Waals surface area contributed by atoms with Crippen molar-refractivity contribution >= 4 is 28.9 Å². The molecule has 0 aromatic carbocycles. The van der Waals surface area contributed by atoms with Gasteiger partial charge in [0.25, 0.3) is 0 Å². The highest BCUT2D eigenvalue weighted by Gasteiger charge is 2.09. The summed E-state index contributed by atoms with van der Waals surface area (Å²) in [5, 5.41) is 15.4. The topological polar surface area (TPSA) is 68.0 Å². The molecule has 0 amide bonds. The van der Waals surface area contributed by atoms with Crippen molar-refractivity contribution in [3.8, 4) is 0 Å². The van der Waals surface area contributed by atoms with Crippen LogP contribution < -0.4 is 0 Å². The van der Waals surface area contributed by atoms with Crippen LogP contribution in [0.1, 0.15) is 15.5 Å². The lowest BCUT2D eigenvalue weighted by molar-refractivity contribution is 0.0691. The summed E-state index contributed by atoms with van der Waals surface area (Å²) < 4.78 is 1.60. The van der Waals surface area contributed by atoms with Gasteiger partial charge in [-0.25, -0.2) is 9.78 Å². The highest BCUT2D eigenvalue weighted by molar-refractivity contribution is 7.09. The van der Waals surface area contributed by atoms with Crippen LogP contribution in [-0.2, 0) is 6.54 Å². The molecule has 7 heteroatoms. The summed E-state index contributed by atoms with van der Waals surface area (Å²) in [6.07, 6.45) is 3.18. The van der Waals surface area contributed by atoms with Gasteiger partial charge in [-0.1, -0.05) is 11.6 Å². The van der Waals surface area contributed by atoms with Gasteiger partial charge in [0.05, 0.1) is 17.8 Å². The molecule has 0 fully saturated rings. The molecule has 0 saturated carbocycles. The highest BCUT2D eigenvalue weighted by Crippen LogP contribution is 2.12. The van der Waals surface area contributed by atoms with Crippen LogP contribution in [-0.4, -0.2) is 25.8 Å². The Morgan fingerprint density at radius 3 is 3.00 bits per heavy atom. The first kappa shape index (κ1) is 10.1. The highest BCUT2D eigenvalue weighted by atomic mass is 35.5. The predicted octanol–water partition coefficient (Wildman–Crippen LogP) is 1.74. The lowest BCUT2D eigenvalue weighted by Gasteiger charge is -1.95. The van der Waals surface area contributed by atoms with Crippen LogP contribution in [0.15, 0.2) is 17.8 Å². The molecule has 0 radical (unpaired) electrons. The van der Waals surface area contributed by atoms with E-state index >= 15 is 0 Å². The van der Waals surface area contributed by atoms with Crippen molar-refractivity contribution in [3.05, 3.63) is 33.5 Å². The maximum atomic E-state index is 10.6. The Morgan fingerprint density at radius 2 is 2.47 bits per heavy atom. The van der Waals surface area contributed by atoms with E-state index in [1.807, 2.05) is 0 Å². The van der Waals surface area contributed by atoms with Gasteiger partial charge < -0.3 is 5.11 Å². The van der Waals surface area contributed by atoms with Crippen LogP contribution in [0.2, 0.25) is 5.02 Å². The number of halogens is 1. The van der Waals surface area contributed by atoms with Gasteiger partial charge in [0.1, 0.15) is 5.01 Å². The van der Waals surface area contributed by atoms with Crippen LogP contribution in [0.5, 0.6) is 0 Å². The largest absolute Gasteiger partial charge is 0.476 e. The number of carbonyl (C=O) groups is 1. The zero-order chi connectivity index (χ0) is 10.8. The van der Waals surface area contributed by atoms with Crippen molar-refractivity contribution in [3.63, 3.8) is 0 Å². The summed E-state index contributed by atoms with van der Waals surface area (Å²) >= 11 is 6.97. The summed E-state index contributed by atoms with van der Waals surface area (Å²) in [7, 11) is 0. The molecule has 2 rings (SSSR count). The molecule has 0 aliphatic carbocycles. The van der Waals surface area contributed by atoms with E-state index in [0.717, 1.165) is 0 Å². The van der Waals surface area contributed by atoms with Crippen molar-refractivity contribution in [2.75, 3.05) is 0 Å². The average Bonchev–Trinajstić information content (AvgIpc) is 2.76. The minimum Gasteiger partial charge on any atom is -0.476 e. The maximum Gasteiger partial charge on any atom is 0.355 e. The van der Waals surface area contributed by atoms with E-state index in [1.165, 1.54) is 22.9 Å². The van der Waals surface area contributed by atoms with Gasteiger partial charge in [-0.3, -0.25) is 4.68 Å². The fraction of sp³-hybridized carbons (Fsp3) is 0.125. The second-order valence-corrected chi connectivity index (χ2v) is 4.17. The average molecular weight is 244 g/mol. The van der Waals surface area contributed by atoms with Gasteiger partial charge in [0, 0.05) is 11.6 Å². The van der Waals surface area contributed by atoms with E-state index in [-0.39, 0.29) is 5.69 Å². The number of carboxylic acids is 1. The fourth-order valence-electron chi connectivity index (χ4n) is 1.05. The second kappa shape index (κ2) is 4.00. The molecular weight excluding hydrogens is 238 g/mol. The third-order valence-electron chi connectivity index (χ3n) is 1.67. The standard InChI is InChI=1S/C8H6ClN3O2S/c9-5-1-10-12(2-5)3-7-11-6(4-15-7)8(13)14/h1-2,4H,3H2,(H,13,14). The van der Waals surface area contributed by atoms with Gasteiger partial charge in [-0.2, -0.15) is 5.10 Å². The molecule has 0 unspecified atom stereocenters. The number of carboxylic acid groups (broad SMARTS) is 1. The van der Waals surface area contributed by atoms with E-state index in [0.29, 0.717) is 16.6 Å². The Morgan fingerprint density at radius 1 is 1.67 bits per heavy atom. The molecule has 0 atom stereocenters. The molecule has 78 valence electrons. The number of hydrogen-bond donors (Lipinski definition) is 1. The fourth-order valence-corrected chi connectivity index (χ4v) is 1.96. The monoisotopic (exact) mass is 243 g/mol. The summed E-state index contributed by atoms with van der Waals surface area (Å²) in [6, 6.07) is 0. The smallest absolute Gasteiger partial charge is 0.355 e. The SMILES string of the molecule is O=C(O)c1csc(Cn2cc(Cl)cn2)n1. The Kier molecular flexibility index (Phi) is 2.70. The van der Waals surface area contributed by atoms with E-state index in [1.54, 1.807) is 10.9 Å². The Balaban J connectivity index is 2.14. The molecule has 0 spiro atoms. The van der Waals surface area contributed by atoms with Gasteiger partial charge in [0.2, 0.25) is 0 Å². The van der Waals surface area contributed by atoms with Crippen LogP contribution in [0.3, 0.4) is 0 Å². The van der Waals surface area contributed by atoms with Crippen molar-refractivity contribution in [2.45, 2.75) is 6.54 Å².